The topological polar surface area (TPSA) is 80.5 Å². The van der Waals surface area contributed by atoms with Crippen LogP contribution in [0.5, 0.6) is 0 Å². The number of carbonyl (C=O) groups excluding carboxylic acids is 1. The third-order valence-corrected chi connectivity index (χ3v) is 5.86. The van der Waals surface area contributed by atoms with Crippen LogP contribution in [-0.4, -0.2) is 44.2 Å². The van der Waals surface area contributed by atoms with Gasteiger partial charge in [0.15, 0.2) is 0 Å². The molecule has 0 saturated carbocycles. The van der Waals surface area contributed by atoms with Gasteiger partial charge in [-0.25, -0.2) is 0 Å². The second-order valence-corrected chi connectivity index (χ2v) is 7.81. The molecule has 0 aliphatic carbocycles. The highest BCUT2D eigenvalue weighted by atomic mass is 16.5. The van der Waals surface area contributed by atoms with Crippen molar-refractivity contribution in [1.82, 2.24) is 10.3 Å². The largest absolute Gasteiger partial charge is 0.380 e. The monoisotopic (exact) mass is 416 g/mol. The fraction of sp³-hybridized carbons (Fsp3) is 0.280. The molecule has 3 aromatic rings. The fourth-order valence-electron chi connectivity index (χ4n) is 4.16. The van der Waals surface area contributed by atoms with Gasteiger partial charge in [-0.05, 0) is 53.4 Å². The van der Waals surface area contributed by atoms with Gasteiger partial charge < -0.3 is 20.7 Å². The average Bonchev–Trinajstić information content (AvgIpc) is 2.80. The molecule has 6 nitrogen and oxygen atoms in total. The molecule has 1 amide bonds. The molecule has 160 valence electrons. The van der Waals surface area contributed by atoms with E-state index in [-0.39, 0.29) is 0 Å². The van der Waals surface area contributed by atoms with Crippen LogP contribution in [-0.2, 0) is 11.3 Å². The quantitative estimate of drug-likeness (QED) is 0.644. The Morgan fingerprint density at radius 3 is 2.35 bits per heavy atom. The number of pyridine rings is 1. The van der Waals surface area contributed by atoms with E-state index in [1.807, 2.05) is 24.5 Å². The van der Waals surface area contributed by atoms with Gasteiger partial charge >= 0.3 is 0 Å². The number of anilines is 1. The molecule has 1 aromatic heterocycles. The normalized spacial score (nSPS) is 13.9. The summed E-state index contributed by atoms with van der Waals surface area (Å²) in [7, 11) is 1.61. The minimum atomic E-state index is -0.452. The van der Waals surface area contributed by atoms with Crippen molar-refractivity contribution in [2.75, 3.05) is 38.2 Å². The molecular weight excluding hydrogens is 388 g/mol. The first-order valence-corrected chi connectivity index (χ1v) is 10.5. The van der Waals surface area contributed by atoms with Gasteiger partial charge in [-0.3, -0.25) is 9.78 Å². The van der Waals surface area contributed by atoms with E-state index < -0.39 is 5.91 Å². The zero-order valence-electron chi connectivity index (χ0n) is 18.0. The summed E-state index contributed by atoms with van der Waals surface area (Å²) < 4.78 is 5.26. The smallest absolute Gasteiger partial charge is 0.249 e. The third-order valence-electron chi connectivity index (χ3n) is 5.86. The molecular formula is C25H28N4O2. The molecule has 1 aliphatic heterocycles. The molecule has 1 aliphatic rings. The minimum Gasteiger partial charge on any atom is -0.380 e. The second kappa shape index (κ2) is 9.29. The lowest BCUT2D eigenvalue weighted by Crippen LogP contribution is -2.43. The highest BCUT2D eigenvalue weighted by Crippen LogP contribution is 2.32. The standard InChI is InChI=1S/C25H28N4O2/c1-17-23(18-3-6-21(7-4-18)29-11-9-27-10-12-29)14-28-15-24(17)19-5-8-22(25(26)30)20(13-19)16-31-2/h3-8,13-15,27H,9-12,16H2,1-2H3,(H2,26,30). The lowest BCUT2D eigenvalue weighted by Gasteiger charge is -2.29. The predicted octanol–water partition coefficient (Wildman–Crippen LogP) is 3.38. The van der Waals surface area contributed by atoms with Crippen molar-refractivity contribution in [3.8, 4) is 22.3 Å². The molecule has 0 unspecified atom stereocenters. The molecule has 2 aromatic carbocycles. The summed E-state index contributed by atoms with van der Waals surface area (Å²) in [5, 5.41) is 3.39. The second-order valence-electron chi connectivity index (χ2n) is 7.81. The highest BCUT2D eigenvalue weighted by molar-refractivity contribution is 5.95. The van der Waals surface area contributed by atoms with Gasteiger partial charge in [0.05, 0.1) is 6.61 Å². The predicted molar refractivity (Wildman–Crippen MR) is 124 cm³/mol. The van der Waals surface area contributed by atoms with Crippen LogP contribution in [0.4, 0.5) is 5.69 Å². The number of amides is 1. The van der Waals surface area contributed by atoms with Crippen molar-refractivity contribution >= 4 is 11.6 Å². The van der Waals surface area contributed by atoms with Gasteiger partial charge in [0.1, 0.15) is 0 Å². The lowest BCUT2D eigenvalue weighted by atomic mass is 9.93. The van der Waals surface area contributed by atoms with Crippen LogP contribution in [0, 0.1) is 6.92 Å². The van der Waals surface area contributed by atoms with Crippen molar-refractivity contribution in [3.05, 3.63) is 71.5 Å². The first-order valence-electron chi connectivity index (χ1n) is 10.5. The van der Waals surface area contributed by atoms with Crippen LogP contribution in [0.25, 0.3) is 22.3 Å². The maximum absolute atomic E-state index is 11.7. The zero-order valence-corrected chi connectivity index (χ0v) is 18.0. The summed E-state index contributed by atoms with van der Waals surface area (Å²) in [6.07, 6.45) is 3.77. The van der Waals surface area contributed by atoms with E-state index in [4.69, 9.17) is 10.5 Å². The van der Waals surface area contributed by atoms with Crippen molar-refractivity contribution in [2.24, 2.45) is 5.73 Å². The molecule has 31 heavy (non-hydrogen) atoms. The van der Waals surface area contributed by atoms with Crippen molar-refractivity contribution in [1.29, 1.82) is 0 Å². The first kappa shape index (κ1) is 21.0. The minimum absolute atomic E-state index is 0.325. The summed E-state index contributed by atoms with van der Waals surface area (Å²) in [6, 6.07) is 14.3. The lowest BCUT2D eigenvalue weighted by molar-refractivity contribution is 0.0995. The fourth-order valence-corrected chi connectivity index (χ4v) is 4.16. The Labute approximate surface area is 183 Å². The van der Waals surface area contributed by atoms with Gasteiger partial charge in [-0.1, -0.05) is 18.2 Å². The van der Waals surface area contributed by atoms with E-state index in [0.29, 0.717) is 12.2 Å². The Hall–Kier alpha value is -3.22. The van der Waals surface area contributed by atoms with E-state index in [2.05, 4.69) is 46.4 Å². The number of nitrogens with two attached hydrogens (primary N) is 1. The number of piperazine rings is 1. The number of aromatic nitrogens is 1. The summed E-state index contributed by atoms with van der Waals surface area (Å²) in [6.45, 7) is 6.53. The number of hydrogen-bond acceptors (Lipinski definition) is 5. The van der Waals surface area contributed by atoms with Gasteiger partial charge in [0.25, 0.3) is 0 Å². The van der Waals surface area contributed by atoms with E-state index in [1.165, 1.54) is 5.69 Å². The summed E-state index contributed by atoms with van der Waals surface area (Å²) >= 11 is 0. The zero-order chi connectivity index (χ0) is 21.8. The van der Waals surface area contributed by atoms with E-state index >= 15 is 0 Å². The number of benzene rings is 2. The number of primary amides is 1. The Morgan fingerprint density at radius 2 is 1.71 bits per heavy atom. The van der Waals surface area contributed by atoms with Crippen molar-refractivity contribution < 1.29 is 9.53 Å². The van der Waals surface area contributed by atoms with E-state index in [9.17, 15) is 4.79 Å². The molecule has 0 atom stereocenters. The van der Waals surface area contributed by atoms with Gasteiger partial charge in [-0.2, -0.15) is 0 Å². The molecule has 2 heterocycles. The Balaban J connectivity index is 1.67. The third kappa shape index (κ3) is 4.45. The molecule has 0 radical (unpaired) electrons. The number of nitrogens with zero attached hydrogens (tertiary/aromatic N) is 2. The maximum atomic E-state index is 11.7. The SMILES string of the molecule is COCc1cc(-c2cncc(-c3ccc(N4CCNCC4)cc3)c2C)ccc1C(N)=O. The number of rotatable bonds is 6. The van der Waals surface area contributed by atoms with Crippen LogP contribution >= 0.6 is 0 Å². The summed E-state index contributed by atoms with van der Waals surface area (Å²) in [4.78, 5) is 18.6. The Kier molecular flexibility index (Phi) is 6.30. The number of hydrogen-bond donors (Lipinski definition) is 2. The molecule has 0 bridgehead atoms. The first-order chi connectivity index (χ1) is 15.1. The number of ether oxygens (including phenoxy) is 1. The van der Waals surface area contributed by atoms with Crippen LogP contribution in [0.1, 0.15) is 21.5 Å². The van der Waals surface area contributed by atoms with Crippen LogP contribution < -0.4 is 16.0 Å². The van der Waals surface area contributed by atoms with Gasteiger partial charge in [0, 0.05) is 68.1 Å². The molecule has 6 heteroatoms. The summed E-state index contributed by atoms with van der Waals surface area (Å²) in [5.41, 5.74) is 13.4. The average molecular weight is 417 g/mol. The van der Waals surface area contributed by atoms with E-state index in [1.54, 1.807) is 13.2 Å². The summed E-state index contributed by atoms with van der Waals surface area (Å²) in [5.74, 6) is -0.452. The Morgan fingerprint density at radius 1 is 1.06 bits per heavy atom. The Bertz CT molecular complexity index is 1070. The molecule has 1 fully saturated rings. The maximum Gasteiger partial charge on any atom is 0.249 e. The molecule has 0 spiro atoms. The number of carbonyl (C=O) groups is 1. The number of nitrogens with one attached hydrogen (secondary N) is 1. The van der Waals surface area contributed by atoms with Crippen LogP contribution in [0.15, 0.2) is 54.9 Å². The molecule has 4 rings (SSSR count). The number of methoxy groups -OCH3 is 1. The van der Waals surface area contributed by atoms with Gasteiger partial charge in [-0.15, -0.1) is 0 Å². The van der Waals surface area contributed by atoms with Crippen LogP contribution in [0.3, 0.4) is 0 Å². The van der Waals surface area contributed by atoms with Crippen LogP contribution in [0.2, 0.25) is 0 Å². The van der Waals surface area contributed by atoms with Gasteiger partial charge in [0.2, 0.25) is 5.91 Å². The van der Waals surface area contributed by atoms with Crippen molar-refractivity contribution in [3.63, 3.8) is 0 Å². The molecule has 3 N–H and O–H groups in total. The van der Waals surface area contributed by atoms with Crippen molar-refractivity contribution in [2.45, 2.75) is 13.5 Å². The highest BCUT2D eigenvalue weighted by Gasteiger charge is 2.14. The molecule has 1 saturated heterocycles. The van der Waals surface area contributed by atoms with E-state index in [0.717, 1.165) is 59.6 Å².